The molecule has 4 nitrogen and oxygen atoms in total. The molecule has 148 valence electrons. The molecule has 1 fully saturated rings. The zero-order valence-electron chi connectivity index (χ0n) is 16.6. The summed E-state index contributed by atoms with van der Waals surface area (Å²) in [7, 11) is 0. The van der Waals surface area contributed by atoms with E-state index < -0.39 is 0 Å². The van der Waals surface area contributed by atoms with Crippen molar-refractivity contribution in [2.75, 3.05) is 5.01 Å². The fourth-order valence-corrected chi connectivity index (χ4v) is 5.03. The highest BCUT2D eigenvalue weighted by atomic mass is 35.5. The second-order valence-electron chi connectivity index (χ2n) is 7.06. The van der Waals surface area contributed by atoms with E-state index in [0.717, 1.165) is 34.0 Å². The van der Waals surface area contributed by atoms with E-state index in [1.165, 1.54) is 11.8 Å². The molecule has 0 N–H and O–H groups in total. The number of thiocarbonyl (C=S) groups is 1. The predicted octanol–water partition coefficient (Wildman–Crippen LogP) is 5.70. The highest BCUT2D eigenvalue weighted by molar-refractivity contribution is 8.27. The van der Waals surface area contributed by atoms with E-state index in [-0.39, 0.29) is 5.91 Å². The van der Waals surface area contributed by atoms with Crippen molar-refractivity contribution in [3.05, 3.63) is 80.7 Å². The molecular formula is C22H20ClN3OS2. The maximum absolute atomic E-state index is 13.1. The summed E-state index contributed by atoms with van der Waals surface area (Å²) in [5, 5.41) is 2.28. The Kier molecular flexibility index (Phi) is 5.19. The molecule has 29 heavy (non-hydrogen) atoms. The summed E-state index contributed by atoms with van der Waals surface area (Å²) in [5.74, 6) is -0.0984. The van der Waals surface area contributed by atoms with Gasteiger partial charge in [0.15, 0.2) is 4.32 Å². The number of nitrogens with zero attached hydrogens (tertiary/aromatic N) is 3. The van der Waals surface area contributed by atoms with E-state index in [1.54, 1.807) is 5.01 Å². The van der Waals surface area contributed by atoms with Crippen molar-refractivity contribution < 1.29 is 4.79 Å². The molecule has 0 atom stereocenters. The van der Waals surface area contributed by atoms with Crippen molar-refractivity contribution in [2.45, 2.75) is 27.7 Å². The predicted molar refractivity (Wildman–Crippen MR) is 126 cm³/mol. The van der Waals surface area contributed by atoms with Crippen LogP contribution in [-0.4, -0.2) is 19.5 Å². The third-order valence-corrected chi connectivity index (χ3v) is 6.58. The largest absolute Gasteiger partial charge is 0.318 e. The van der Waals surface area contributed by atoms with E-state index >= 15 is 0 Å². The quantitative estimate of drug-likeness (QED) is 0.385. The summed E-state index contributed by atoms with van der Waals surface area (Å²) in [5.41, 5.74) is 6.13. The standard InChI is InChI=1S/C22H20ClN3OS2/c1-13-5-6-14(2)25(13)26-21(27)20(29-22(26)28)12-17-11-15(3)24(16(17)4)19-9-7-18(23)8-10-19/h5-12H,1-4H3/b20-12+. The normalized spacial score (nSPS) is 15.8. The fraction of sp³-hybridized carbons (Fsp3) is 0.182. The minimum absolute atomic E-state index is 0.0984. The number of rotatable bonds is 3. The highest BCUT2D eigenvalue weighted by Crippen LogP contribution is 2.34. The Bertz CT molecular complexity index is 1150. The Morgan fingerprint density at radius 2 is 1.59 bits per heavy atom. The lowest BCUT2D eigenvalue weighted by molar-refractivity contribution is -0.114. The van der Waals surface area contributed by atoms with Crippen molar-refractivity contribution in [2.24, 2.45) is 0 Å². The van der Waals surface area contributed by atoms with Crippen LogP contribution in [0.4, 0.5) is 0 Å². The van der Waals surface area contributed by atoms with E-state index in [2.05, 4.69) is 24.5 Å². The molecule has 7 heteroatoms. The van der Waals surface area contributed by atoms with Crippen LogP contribution in [0.1, 0.15) is 28.3 Å². The number of aryl methyl sites for hydroxylation is 3. The lowest BCUT2D eigenvalue weighted by Gasteiger charge is -2.20. The van der Waals surface area contributed by atoms with Crippen molar-refractivity contribution in [3.63, 3.8) is 0 Å². The fourth-order valence-electron chi connectivity index (χ4n) is 3.67. The van der Waals surface area contributed by atoms with Crippen LogP contribution >= 0.6 is 35.6 Å². The first-order valence-corrected chi connectivity index (χ1v) is 10.8. The summed E-state index contributed by atoms with van der Waals surface area (Å²) in [4.78, 5) is 13.8. The Labute approximate surface area is 184 Å². The van der Waals surface area contributed by atoms with Crippen LogP contribution < -0.4 is 5.01 Å². The average molecular weight is 442 g/mol. The molecule has 1 aromatic carbocycles. The van der Waals surface area contributed by atoms with Crippen LogP contribution in [0.2, 0.25) is 5.02 Å². The zero-order valence-corrected chi connectivity index (χ0v) is 19.0. The summed E-state index contributed by atoms with van der Waals surface area (Å²) in [6.07, 6.45) is 1.93. The maximum Gasteiger partial charge on any atom is 0.285 e. The Hall–Kier alpha value is -2.28. The van der Waals surface area contributed by atoms with Gasteiger partial charge in [0, 0.05) is 33.5 Å². The molecule has 4 rings (SSSR count). The van der Waals surface area contributed by atoms with E-state index in [4.69, 9.17) is 23.8 Å². The minimum Gasteiger partial charge on any atom is -0.318 e. The summed E-state index contributed by atoms with van der Waals surface area (Å²) >= 11 is 12.9. The summed E-state index contributed by atoms with van der Waals surface area (Å²) in [6, 6.07) is 13.8. The van der Waals surface area contributed by atoms with Gasteiger partial charge in [-0.2, -0.15) is 5.01 Å². The first-order chi connectivity index (χ1) is 13.8. The van der Waals surface area contributed by atoms with Gasteiger partial charge in [-0.1, -0.05) is 23.4 Å². The number of halogens is 1. The number of carbonyl (C=O) groups is 1. The molecule has 0 unspecified atom stereocenters. The summed E-state index contributed by atoms with van der Waals surface area (Å²) < 4.78 is 4.56. The molecule has 2 aromatic heterocycles. The van der Waals surface area contributed by atoms with Crippen LogP contribution in [0.25, 0.3) is 11.8 Å². The lowest BCUT2D eigenvalue weighted by atomic mass is 10.2. The van der Waals surface area contributed by atoms with Crippen LogP contribution in [0.3, 0.4) is 0 Å². The highest BCUT2D eigenvalue weighted by Gasteiger charge is 2.35. The first-order valence-electron chi connectivity index (χ1n) is 9.16. The molecule has 0 aliphatic carbocycles. The summed E-state index contributed by atoms with van der Waals surface area (Å²) in [6.45, 7) is 8.04. The van der Waals surface area contributed by atoms with Gasteiger partial charge in [-0.05, 0) is 94.0 Å². The average Bonchev–Trinajstić information content (AvgIpc) is 3.24. The molecule has 1 amide bonds. The zero-order chi connectivity index (χ0) is 20.9. The molecule has 1 aliphatic rings. The third-order valence-electron chi connectivity index (χ3n) is 5.05. The van der Waals surface area contributed by atoms with Gasteiger partial charge < -0.3 is 4.57 Å². The Morgan fingerprint density at radius 3 is 2.21 bits per heavy atom. The molecule has 1 saturated heterocycles. The Balaban J connectivity index is 1.72. The van der Waals surface area contributed by atoms with Gasteiger partial charge in [0.2, 0.25) is 0 Å². The first kappa shape index (κ1) is 20.0. The van der Waals surface area contributed by atoms with Crippen LogP contribution in [0.5, 0.6) is 0 Å². The van der Waals surface area contributed by atoms with Gasteiger partial charge in [0.1, 0.15) is 0 Å². The number of amides is 1. The molecule has 0 spiro atoms. The second kappa shape index (κ2) is 7.52. The minimum atomic E-state index is -0.0984. The van der Waals surface area contributed by atoms with E-state index in [0.29, 0.717) is 14.2 Å². The number of thioether (sulfide) groups is 1. The Morgan fingerprint density at radius 1 is 0.966 bits per heavy atom. The maximum atomic E-state index is 13.1. The molecule has 0 radical (unpaired) electrons. The van der Waals surface area contributed by atoms with E-state index in [9.17, 15) is 4.79 Å². The topological polar surface area (TPSA) is 30.2 Å². The van der Waals surface area contributed by atoms with Crippen molar-refractivity contribution in [1.29, 1.82) is 0 Å². The van der Waals surface area contributed by atoms with Crippen LogP contribution in [0, 0.1) is 27.7 Å². The smallest absolute Gasteiger partial charge is 0.285 e. The monoisotopic (exact) mass is 441 g/mol. The number of aromatic nitrogens is 2. The molecule has 3 heterocycles. The SMILES string of the molecule is Cc1cc(/C=C2/SC(=S)N(n3c(C)ccc3C)C2=O)c(C)n1-c1ccc(Cl)cc1. The number of benzene rings is 1. The molecule has 3 aromatic rings. The lowest BCUT2D eigenvalue weighted by Crippen LogP contribution is -2.39. The molecule has 1 aliphatic heterocycles. The molecule has 0 bridgehead atoms. The molecular weight excluding hydrogens is 422 g/mol. The number of hydrogen-bond donors (Lipinski definition) is 0. The van der Waals surface area contributed by atoms with Gasteiger partial charge in [-0.15, -0.1) is 0 Å². The van der Waals surface area contributed by atoms with Crippen molar-refractivity contribution >= 4 is 51.9 Å². The van der Waals surface area contributed by atoms with E-state index in [1.807, 2.05) is 61.0 Å². The van der Waals surface area contributed by atoms with Gasteiger partial charge in [0.05, 0.1) is 4.91 Å². The van der Waals surface area contributed by atoms with Crippen LogP contribution in [-0.2, 0) is 4.79 Å². The van der Waals surface area contributed by atoms with Gasteiger partial charge in [-0.25, -0.2) is 0 Å². The van der Waals surface area contributed by atoms with Crippen molar-refractivity contribution in [1.82, 2.24) is 9.24 Å². The van der Waals surface area contributed by atoms with Crippen molar-refractivity contribution in [3.8, 4) is 5.69 Å². The number of hydrogen-bond acceptors (Lipinski definition) is 3. The number of carbonyl (C=O) groups excluding carboxylic acids is 1. The molecule has 0 saturated carbocycles. The third kappa shape index (κ3) is 3.45. The van der Waals surface area contributed by atoms with Gasteiger partial charge in [0.25, 0.3) is 5.91 Å². The van der Waals surface area contributed by atoms with Gasteiger partial charge >= 0.3 is 0 Å². The van der Waals surface area contributed by atoms with Gasteiger partial charge in [-0.3, -0.25) is 9.47 Å². The second-order valence-corrected chi connectivity index (χ2v) is 9.17. The van der Waals surface area contributed by atoms with Crippen LogP contribution in [0.15, 0.2) is 47.4 Å².